The molecule has 0 radical (unpaired) electrons. The second kappa shape index (κ2) is 9.41. The fourth-order valence-electron chi connectivity index (χ4n) is 3.39. The highest BCUT2D eigenvalue weighted by Crippen LogP contribution is 2.27. The highest BCUT2D eigenvalue weighted by Gasteiger charge is 2.04. The van der Waals surface area contributed by atoms with Gasteiger partial charge >= 0.3 is 0 Å². The molecule has 0 saturated carbocycles. The van der Waals surface area contributed by atoms with E-state index >= 15 is 0 Å². The van der Waals surface area contributed by atoms with Crippen molar-refractivity contribution in [3.63, 3.8) is 0 Å². The Morgan fingerprint density at radius 2 is 1.17 bits per heavy atom. The van der Waals surface area contributed by atoms with Gasteiger partial charge in [-0.1, -0.05) is 85.6 Å². The molecule has 1 aromatic heterocycles. The molecule has 3 aromatic carbocycles. The predicted octanol–water partition coefficient (Wildman–Crippen LogP) is 7.57. The van der Waals surface area contributed by atoms with E-state index in [-0.39, 0.29) is 0 Å². The fraction of sp³-hybridized carbons (Fsp3) is 0.179. The number of aromatic nitrogens is 1. The van der Waals surface area contributed by atoms with Crippen molar-refractivity contribution in [3.05, 3.63) is 96.7 Å². The second-order valence-electron chi connectivity index (χ2n) is 7.60. The molecule has 4 aromatic rings. The quantitative estimate of drug-likeness (QED) is 0.302. The van der Waals surface area contributed by atoms with Gasteiger partial charge in [0.25, 0.3) is 0 Å². The van der Waals surface area contributed by atoms with Crippen LogP contribution in [0.15, 0.2) is 91.1 Å². The van der Waals surface area contributed by atoms with Crippen molar-refractivity contribution in [3.8, 4) is 39.3 Å². The van der Waals surface area contributed by atoms with Crippen LogP contribution in [-0.4, -0.2) is 11.6 Å². The summed E-state index contributed by atoms with van der Waals surface area (Å²) in [6.45, 7) is 5.05. The molecule has 0 aliphatic carbocycles. The molecule has 0 aliphatic heterocycles. The lowest BCUT2D eigenvalue weighted by Crippen LogP contribution is -1.95. The van der Waals surface area contributed by atoms with Crippen LogP contribution in [0.25, 0.3) is 33.5 Å². The number of aryl methyl sites for hydroxylation is 1. The van der Waals surface area contributed by atoms with Crippen LogP contribution in [-0.2, 0) is 0 Å². The summed E-state index contributed by atoms with van der Waals surface area (Å²) in [6.07, 6.45) is 4.18. The Hall–Kier alpha value is -3.39. The molecule has 4 rings (SSSR count). The van der Waals surface area contributed by atoms with Gasteiger partial charge in [-0.15, -0.1) is 0 Å². The molecule has 0 aliphatic rings. The summed E-state index contributed by atoms with van der Waals surface area (Å²) in [5.41, 5.74) is 8.07. The first kappa shape index (κ1) is 19.9. The molecular weight excluding hydrogens is 366 g/mol. The van der Waals surface area contributed by atoms with Crippen molar-refractivity contribution in [2.75, 3.05) is 6.61 Å². The van der Waals surface area contributed by atoms with E-state index in [1.54, 1.807) is 0 Å². The summed E-state index contributed by atoms with van der Waals surface area (Å²) in [6, 6.07) is 29.7. The zero-order valence-electron chi connectivity index (χ0n) is 17.6. The van der Waals surface area contributed by atoms with Crippen molar-refractivity contribution in [2.24, 2.45) is 0 Å². The molecule has 0 fully saturated rings. The Balaban J connectivity index is 1.46. The van der Waals surface area contributed by atoms with E-state index in [2.05, 4.69) is 91.6 Å². The van der Waals surface area contributed by atoms with Crippen LogP contribution in [0.4, 0.5) is 0 Å². The Bertz CT molecular complexity index is 1060. The van der Waals surface area contributed by atoms with Crippen LogP contribution in [0.1, 0.15) is 25.3 Å². The molecular formula is C28H27NO. The average Bonchev–Trinajstić information content (AvgIpc) is 2.81. The summed E-state index contributed by atoms with van der Waals surface area (Å²) < 4.78 is 5.75. The Kier molecular flexibility index (Phi) is 6.24. The Morgan fingerprint density at radius 3 is 1.77 bits per heavy atom. The third-order valence-electron chi connectivity index (χ3n) is 5.28. The predicted molar refractivity (Wildman–Crippen MR) is 126 cm³/mol. The van der Waals surface area contributed by atoms with Gasteiger partial charge in [0.1, 0.15) is 5.75 Å². The fourth-order valence-corrected chi connectivity index (χ4v) is 3.39. The molecule has 0 spiro atoms. The molecule has 1 heterocycles. The maximum atomic E-state index is 5.75. The van der Waals surface area contributed by atoms with Crippen LogP contribution < -0.4 is 4.74 Å². The van der Waals surface area contributed by atoms with Gasteiger partial charge in [0.15, 0.2) is 0 Å². The molecule has 0 N–H and O–H groups in total. The van der Waals surface area contributed by atoms with Gasteiger partial charge in [-0.25, -0.2) is 0 Å². The highest BCUT2D eigenvalue weighted by atomic mass is 16.5. The van der Waals surface area contributed by atoms with Crippen LogP contribution >= 0.6 is 0 Å². The lowest BCUT2D eigenvalue weighted by molar-refractivity contribution is 0.309. The molecule has 0 bridgehead atoms. The minimum Gasteiger partial charge on any atom is -0.494 e. The topological polar surface area (TPSA) is 22.1 Å². The normalized spacial score (nSPS) is 10.7. The van der Waals surface area contributed by atoms with Crippen molar-refractivity contribution in [2.45, 2.75) is 26.7 Å². The van der Waals surface area contributed by atoms with E-state index < -0.39 is 0 Å². The smallest absolute Gasteiger partial charge is 0.119 e. The number of rotatable bonds is 7. The molecule has 150 valence electrons. The maximum absolute atomic E-state index is 5.75. The summed E-state index contributed by atoms with van der Waals surface area (Å²) >= 11 is 0. The van der Waals surface area contributed by atoms with Gasteiger partial charge in [-0.05, 0) is 48.2 Å². The minimum absolute atomic E-state index is 0.778. The third-order valence-corrected chi connectivity index (χ3v) is 5.28. The van der Waals surface area contributed by atoms with E-state index in [0.29, 0.717) is 0 Å². The zero-order valence-corrected chi connectivity index (χ0v) is 17.6. The number of nitrogens with zero attached hydrogens (tertiary/aromatic N) is 1. The number of unbranched alkanes of at least 4 members (excludes halogenated alkanes) is 1. The van der Waals surface area contributed by atoms with Gasteiger partial charge in [0.2, 0.25) is 0 Å². The van der Waals surface area contributed by atoms with Gasteiger partial charge in [0.05, 0.1) is 12.3 Å². The molecule has 2 nitrogen and oxygen atoms in total. The molecule has 2 heteroatoms. The summed E-state index contributed by atoms with van der Waals surface area (Å²) in [5, 5.41) is 0. The molecule has 0 unspecified atom stereocenters. The minimum atomic E-state index is 0.778. The Morgan fingerprint density at radius 1 is 0.633 bits per heavy atom. The van der Waals surface area contributed by atoms with Gasteiger partial charge in [-0.2, -0.15) is 0 Å². The van der Waals surface area contributed by atoms with Crippen molar-refractivity contribution in [1.82, 2.24) is 4.98 Å². The number of hydrogen-bond donors (Lipinski definition) is 0. The number of benzene rings is 3. The highest BCUT2D eigenvalue weighted by molar-refractivity contribution is 5.71. The van der Waals surface area contributed by atoms with Crippen LogP contribution in [0, 0.1) is 6.92 Å². The average molecular weight is 394 g/mol. The molecule has 0 atom stereocenters. The zero-order chi connectivity index (χ0) is 20.8. The first-order valence-electron chi connectivity index (χ1n) is 10.6. The van der Waals surface area contributed by atoms with Gasteiger partial charge < -0.3 is 4.74 Å². The standard InChI is InChI=1S/C28H27NO/c1-3-4-19-30-27-16-13-23(14-17-27)22-9-11-25(12-10-22)28-18-15-26(20-29-28)24-7-5-21(2)6-8-24/h5-18,20H,3-4,19H2,1-2H3. The molecule has 0 amide bonds. The lowest BCUT2D eigenvalue weighted by Gasteiger charge is -2.08. The van der Waals surface area contributed by atoms with Crippen molar-refractivity contribution in [1.29, 1.82) is 0 Å². The SMILES string of the molecule is CCCCOc1ccc(-c2ccc(-c3ccc(-c4ccc(C)cc4)cn3)cc2)cc1. The van der Waals surface area contributed by atoms with E-state index in [1.807, 2.05) is 18.3 Å². The first-order chi connectivity index (χ1) is 14.7. The lowest BCUT2D eigenvalue weighted by atomic mass is 10.0. The summed E-state index contributed by atoms with van der Waals surface area (Å²) in [4.78, 5) is 4.68. The number of hydrogen-bond acceptors (Lipinski definition) is 2. The maximum Gasteiger partial charge on any atom is 0.119 e. The van der Waals surface area contributed by atoms with E-state index in [9.17, 15) is 0 Å². The second-order valence-corrected chi connectivity index (χ2v) is 7.60. The van der Waals surface area contributed by atoms with Gasteiger partial charge in [-0.3, -0.25) is 4.98 Å². The summed E-state index contributed by atoms with van der Waals surface area (Å²) in [5.74, 6) is 0.932. The van der Waals surface area contributed by atoms with Gasteiger partial charge in [0, 0.05) is 17.3 Å². The van der Waals surface area contributed by atoms with E-state index in [0.717, 1.165) is 42.0 Å². The Labute approximate surface area is 179 Å². The molecule has 0 saturated heterocycles. The van der Waals surface area contributed by atoms with Crippen LogP contribution in [0.3, 0.4) is 0 Å². The van der Waals surface area contributed by atoms with E-state index in [4.69, 9.17) is 4.74 Å². The molecule has 30 heavy (non-hydrogen) atoms. The summed E-state index contributed by atoms with van der Waals surface area (Å²) in [7, 11) is 0. The largest absolute Gasteiger partial charge is 0.494 e. The number of pyridine rings is 1. The van der Waals surface area contributed by atoms with Crippen LogP contribution in [0.2, 0.25) is 0 Å². The van der Waals surface area contributed by atoms with Crippen LogP contribution in [0.5, 0.6) is 5.75 Å². The first-order valence-corrected chi connectivity index (χ1v) is 10.6. The number of ether oxygens (including phenoxy) is 1. The monoisotopic (exact) mass is 393 g/mol. The van der Waals surface area contributed by atoms with Crippen molar-refractivity contribution >= 4 is 0 Å². The van der Waals surface area contributed by atoms with Crippen molar-refractivity contribution < 1.29 is 4.74 Å². The third kappa shape index (κ3) is 4.77. The van der Waals surface area contributed by atoms with E-state index in [1.165, 1.54) is 22.3 Å².